The lowest BCUT2D eigenvalue weighted by atomic mass is 9.77. The van der Waals surface area contributed by atoms with Crippen molar-refractivity contribution in [2.75, 3.05) is 6.61 Å². The minimum absolute atomic E-state index is 0.0646. The molecule has 1 aliphatic rings. The standard InChI is InChI=1S/C32H35N3O3/c1-3-38-31(36)18-23-8-10-24(11-9-23)25-12-14-26(15-13-25)28-16-17-30-34-29(21-35(30)20-28)32(37)33-19-27-7-5-4-6-22(27)2/h4-7,12-17,20-21,23-24H,3,8-11,18-19H2,1-2H3,(H,33,37)/t23-,24-. The van der Waals surface area contributed by atoms with Crippen LogP contribution in [0.4, 0.5) is 0 Å². The molecule has 2 aromatic heterocycles. The summed E-state index contributed by atoms with van der Waals surface area (Å²) in [6.45, 7) is 4.83. The average molecular weight is 510 g/mol. The predicted molar refractivity (Wildman–Crippen MR) is 149 cm³/mol. The fourth-order valence-corrected chi connectivity index (χ4v) is 5.45. The summed E-state index contributed by atoms with van der Waals surface area (Å²) in [6.07, 6.45) is 8.72. The van der Waals surface area contributed by atoms with Crippen LogP contribution in [0, 0.1) is 12.8 Å². The number of hydrogen-bond donors (Lipinski definition) is 1. The summed E-state index contributed by atoms with van der Waals surface area (Å²) in [4.78, 5) is 29.0. The molecule has 0 aliphatic heterocycles. The van der Waals surface area contributed by atoms with Crippen molar-refractivity contribution >= 4 is 17.5 Å². The highest BCUT2D eigenvalue weighted by atomic mass is 16.5. The van der Waals surface area contributed by atoms with Crippen LogP contribution in [0.15, 0.2) is 73.1 Å². The molecule has 1 amide bonds. The molecular formula is C32H35N3O3. The van der Waals surface area contributed by atoms with Crippen LogP contribution in [-0.4, -0.2) is 27.9 Å². The maximum Gasteiger partial charge on any atom is 0.306 e. The van der Waals surface area contributed by atoms with Crippen molar-refractivity contribution in [3.8, 4) is 11.1 Å². The number of carbonyl (C=O) groups excluding carboxylic acids is 2. The Kier molecular flexibility index (Phi) is 7.87. The van der Waals surface area contributed by atoms with Gasteiger partial charge >= 0.3 is 5.97 Å². The summed E-state index contributed by atoms with van der Waals surface area (Å²) in [7, 11) is 0. The molecule has 0 atom stereocenters. The number of benzene rings is 2. The number of rotatable bonds is 8. The summed E-state index contributed by atoms with van der Waals surface area (Å²) in [5.74, 6) is 0.741. The third kappa shape index (κ3) is 5.96. The average Bonchev–Trinajstić information content (AvgIpc) is 3.37. The van der Waals surface area contributed by atoms with Gasteiger partial charge in [0.15, 0.2) is 0 Å². The highest BCUT2D eigenvalue weighted by Crippen LogP contribution is 2.37. The molecule has 0 spiro atoms. The van der Waals surface area contributed by atoms with E-state index < -0.39 is 0 Å². The van der Waals surface area contributed by atoms with E-state index in [4.69, 9.17) is 4.74 Å². The lowest BCUT2D eigenvalue weighted by molar-refractivity contribution is -0.144. The molecule has 5 rings (SSSR count). The van der Waals surface area contributed by atoms with Crippen molar-refractivity contribution in [1.29, 1.82) is 0 Å². The monoisotopic (exact) mass is 509 g/mol. The second-order valence-electron chi connectivity index (χ2n) is 10.3. The highest BCUT2D eigenvalue weighted by molar-refractivity contribution is 5.92. The Bertz CT molecular complexity index is 1420. The molecule has 1 saturated carbocycles. The molecule has 2 aromatic carbocycles. The summed E-state index contributed by atoms with van der Waals surface area (Å²) >= 11 is 0. The number of aromatic nitrogens is 2. The first-order valence-corrected chi connectivity index (χ1v) is 13.6. The molecule has 0 bridgehead atoms. The lowest BCUT2D eigenvalue weighted by Gasteiger charge is -2.28. The number of imidazole rings is 1. The van der Waals surface area contributed by atoms with Crippen molar-refractivity contribution in [2.24, 2.45) is 5.92 Å². The first-order valence-electron chi connectivity index (χ1n) is 13.6. The van der Waals surface area contributed by atoms with E-state index in [0.29, 0.717) is 37.1 Å². The number of esters is 1. The number of hydrogen-bond acceptors (Lipinski definition) is 4. The van der Waals surface area contributed by atoms with Crippen molar-refractivity contribution in [3.05, 3.63) is 95.4 Å². The maximum absolute atomic E-state index is 12.7. The van der Waals surface area contributed by atoms with Gasteiger partial charge in [0.1, 0.15) is 11.3 Å². The Balaban J connectivity index is 1.21. The fourth-order valence-electron chi connectivity index (χ4n) is 5.45. The summed E-state index contributed by atoms with van der Waals surface area (Å²) in [5.41, 5.74) is 6.97. The molecule has 1 aliphatic carbocycles. The molecule has 0 radical (unpaired) electrons. The zero-order chi connectivity index (χ0) is 26.5. The molecule has 6 nitrogen and oxygen atoms in total. The molecule has 6 heteroatoms. The van der Waals surface area contributed by atoms with Crippen LogP contribution in [-0.2, 0) is 16.1 Å². The maximum atomic E-state index is 12.7. The van der Waals surface area contributed by atoms with Gasteiger partial charge in [0, 0.05) is 25.4 Å². The van der Waals surface area contributed by atoms with Crippen LogP contribution in [0.25, 0.3) is 16.8 Å². The number of ether oxygens (including phenoxy) is 1. The van der Waals surface area contributed by atoms with Gasteiger partial charge in [-0.3, -0.25) is 9.59 Å². The molecule has 0 unspecified atom stereocenters. The fraction of sp³-hybridized carbons (Fsp3) is 0.344. The third-order valence-electron chi connectivity index (χ3n) is 7.71. The number of pyridine rings is 1. The summed E-state index contributed by atoms with van der Waals surface area (Å²) in [5, 5.41) is 2.98. The Morgan fingerprint density at radius 3 is 2.42 bits per heavy atom. The van der Waals surface area contributed by atoms with Gasteiger partial charge in [-0.2, -0.15) is 0 Å². The quantitative estimate of drug-likeness (QED) is 0.277. The molecule has 38 heavy (non-hydrogen) atoms. The Hall–Kier alpha value is -3.93. The van der Waals surface area contributed by atoms with Crippen molar-refractivity contribution < 1.29 is 14.3 Å². The molecule has 4 aromatic rings. The second kappa shape index (κ2) is 11.6. The third-order valence-corrected chi connectivity index (χ3v) is 7.71. The van der Waals surface area contributed by atoms with E-state index >= 15 is 0 Å². The van der Waals surface area contributed by atoms with E-state index in [1.807, 2.05) is 60.8 Å². The van der Waals surface area contributed by atoms with Crippen molar-refractivity contribution in [1.82, 2.24) is 14.7 Å². The lowest BCUT2D eigenvalue weighted by Crippen LogP contribution is -2.23. The van der Waals surface area contributed by atoms with E-state index in [0.717, 1.165) is 53.6 Å². The first-order chi connectivity index (χ1) is 18.5. The minimum atomic E-state index is -0.181. The van der Waals surface area contributed by atoms with Crippen LogP contribution >= 0.6 is 0 Å². The Labute approximate surface area is 224 Å². The molecule has 0 saturated heterocycles. The van der Waals surface area contributed by atoms with Gasteiger partial charge < -0.3 is 14.5 Å². The van der Waals surface area contributed by atoms with Gasteiger partial charge in [0.2, 0.25) is 0 Å². The second-order valence-corrected chi connectivity index (χ2v) is 10.3. The van der Waals surface area contributed by atoms with Gasteiger partial charge in [-0.05, 0) is 91.3 Å². The molecule has 1 N–H and O–H groups in total. The number of carbonyl (C=O) groups is 2. The number of fused-ring (bicyclic) bond motifs is 1. The van der Waals surface area contributed by atoms with E-state index in [-0.39, 0.29) is 11.9 Å². The van der Waals surface area contributed by atoms with Crippen LogP contribution in [0.5, 0.6) is 0 Å². The molecule has 1 fully saturated rings. The van der Waals surface area contributed by atoms with Gasteiger partial charge in [-0.1, -0.05) is 48.5 Å². The first kappa shape index (κ1) is 25.7. The van der Waals surface area contributed by atoms with Gasteiger partial charge in [-0.25, -0.2) is 4.98 Å². The highest BCUT2D eigenvalue weighted by Gasteiger charge is 2.24. The largest absolute Gasteiger partial charge is 0.466 e. The predicted octanol–water partition coefficient (Wildman–Crippen LogP) is 6.47. The normalized spacial score (nSPS) is 17.3. The molecule has 196 valence electrons. The van der Waals surface area contributed by atoms with Crippen LogP contribution in [0.2, 0.25) is 0 Å². The number of nitrogens with zero attached hydrogens (tertiary/aromatic N) is 2. The number of aryl methyl sites for hydroxylation is 1. The number of amides is 1. The van der Waals surface area contributed by atoms with Crippen LogP contribution in [0.3, 0.4) is 0 Å². The van der Waals surface area contributed by atoms with Crippen LogP contribution < -0.4 is 5.32 Å². The minimum Gasteiger partial charge on any atom is -0.466 e. The summed E-state index contributed by atoms with van der Waals surface area (Å²) < 4.78 is 7.03. The molecule has 2 heterocycles. The Morgan fingerprint density at radius 1 is 0.947 bits per heavy atom. The Morgan fingerprint density at radius 2 is 1.68 bits per heavy atom. The number of nitrogens with one attached hydrogen (secondary N) is 1. The van der Waals surface area contributed by atoms with E-state index in [9.17, 15) is 9.59 Å². The SMILES string of the molecule is CCOC(=O)C[C@H]1CC[C@H](c2ccc(-c3ccc4nc(C(=O)NCc5ccccc5C)cn4c3)cc2)CC1. The van der Waals surface area contributed by atoms with Crippen molar-refractivity contribution in [2.45, 2.75) is 58.4 Å². The zero-order valence-electron chi connectivity index (χ0n) is 22.2. The summed E-state index contributed by atoms with van der Waals surface area (Å²) in [6, 6.07) is 20.8. The van der Waals surface area contributed by atoms with Gasteiger partial charge in [0.25, 0.3) is 5.91 Å². The topological polar surface area (TPSA) is 72.7 Å². The van der Waals surface area contributed by atoms with Gasteiger partial charge in [0.05, 0.1) is 6.61 Å². The molecular weight excluding hydrogens is 474 g/mol. The smallest absolute Gasteiger partial charge is 0.306 e. The van der Waals surface area contributed by atoms with E-state index in [1.165, 1.54) is 5.56 Å². The van der Waals surface area contributed by atoms with Gasteiger partial charge in [-0.15, -0.1) is 0 Å². The van der Waals surface area contributed by atoms with E-state index in [2.05, 4.69) is 34.6 Å². The van der Waals surface area contributed by atoms with Crippen LogP contribution in [0.1, 0.15) is 72.1 Å². The van der Waals surface area contributed by atoms with Crippen molar-refractivity contribution in [3.63, 3.8) is 0 Å². The zero-order valence-corrected chi connectivity index (χ0v) is 22.2. The van der Waals surface area contributed by atoms with E-state index in [1.54, 1.807) is 6.20 Å².